The van der Waals surface area contributed by atoms with Crippen LogP contribution in [-0.2, 0) is 47.7 Å². The van der Waals surface area contributed by atoms with Crippen molar-refractivity contribution >= 4 is 40.7 Å². The monoisotopic (exact) mass is 814 g/mol. The van der Waals surface area contributed by atoms with E-state index in [1.165, 1.54) is 25.4 Å². The van der Waals surface area contributed by atoms with Gasteiger partial charge in [0, 0.05) is 49.4 Å². The Morgan fingerprint density at radius 1 is 1.02 bits per heavy atom. The maximum absolute atomic E-state index is 14.6. The van der Waals surface area contributed by atoms with E-state index in [2.05, 4.69) is 25.2 Å². The predicted molar refractivity (Wildman–Crippen MR) is 209 cm³/mol. The number of oxime groups is 1. The van der Waals surface area contributed by atoms with Gasteiger partial charge in [-0.3, -0.25) is 24.2 Å². The van der Waals surface area contributed by atoms with Crippen LogP contribution in [0.5, 0.6) is 0 Å². The molecular formula is C40H58N6O10S. The van der Waals surface area contributed by atoms with Crippen molar-refractivity contribution in [2.24, 2.45) is 46.4 Å². The summed E-state index contributed by atoms with van der Waals surface area (Å²) < 4.78 is 30.8. The maximum Gasteiger partial charge on any atom is 0.317 e. The highest BCUT2D eigenvalue weighted by Gasteiger charge is 2.59. The number of nitrogens with two attached hydrogens (primary N) is 1. The number of ketones is 2. The fourth-order valence-electron chi connectivity index (χ4n) is 8.53. The molecule has 314 valence electrons. The average molecular weight is 815 g/mol. The molecule has 0 amide bonds. The summed E-state index contributed by atoms with van der Waals surface area (Å²) in [5, 5.41) is 13.6. The number of hydrogen-bond acceptors (Lipinski definition) is 16. The summed E-state index contributed by atoms with van der Waals surface area (Å²) in [5.74, 6) is -8.23. The minimum Gasteiger partial charge on any atom is -0.461 e. The lowest BCUT2D eigenvalue weighted by atomic mass is 9.69. The Morgan fingerprint density at radius 3 is 2.39 bits per heavy atom. The van der Waals surface area contributed by atoms with Gasteiger partial charge >= 0.3 is 11.9 Å². The van der Waals surface area contributed by atoms with Crippen LogP contribution < -0.4 is 5.73 Å². The third kappa shape index (κ3) is 9.54. The lowest BCUT2D eigenvalue weighted by Gasteiger charge is -2.45. The number of hydrogen-bond donors (Lipinski definition) is 1. The molecule has 0 spiro atoms. The number of carbonyl (C=O) groups excluding carboxylic acids is 4. The molecule has 8 unspecified atom stereocenters. The van der Waals surface area contributed by atoms with E-state index in [9.17, 15) is 19.2 Å². The molecular weight excluding hydrogens is 757 g/mol. The SMILES string of the molecule is CO[C@]1(C)C[C@@H](C)C(=O)[C@H](C)C2C(/C(N)=N/OC(C)c3nnc(-c4ccccn4)s3)C(=O)O[C@]2(C)COC(=O)C(C)C(=O)C(C)[C@H]1OC1CC(N(C)C)CC(C)O1. The fraction of sp³-hybridized carbons (Fsp3) is 0.700. The van der Waals surface area contributed by atoms with Crippen LogP contribution >= 0.6 is 11.3 Å². The van der Waals surface area contributed by atoms with Crippen molar-refractivity contribution in [1.29, 1.82) is 0 Å². The van der Waals surface area contributed by atoms with Crippen molar-refractivity contribution in [3.05, 3.63) is 29.4 Å². The van der Waals surface area contributed by atoms with E-state index in [4.69, 9.17) is 34.3 Å². The number of methoxy groups -OCH3 is 1. The lowest BCUT2D eigenvalue weighted by molar-refractivity contribution is -0.262. The van der Waals surface area contributed by atoms with Crippen molar-refractivity contribution in [1.82, 2.24) is 20.1 Å². The van der Waals surface area contributed by atoms with Crippen LogP contribution in [0.3, 0.4) is 0 Å². The standard InChI is InChI=1S/C40H58N6O10S/c1-20-18-39(7,51-11)33(54-28-17-26(46(9)10)16-21(2)53-28)23(4)32(48)24(5)37(49)52-19-40(8)30(22(3)31(20)47)29(38(50)55-40)34(41)45-56-25(6)35-43-44-36(57-35)27-14-12-13-15-42-27/h12-15,20-26,28-30,33H,16-19H2,1-11H3,(H2,41,45)/t20-,21?,22-,23?,24?,25?,26?,28?,29?,30?,33-,39-,40-/m1/s1. The third-order valence-electron chi connectivity index (χ3n) is 11.9. The Kier molecular flexibility index (Phi) is 13.9. The number of amidine groups is 1. The van der Waals surface area contributed by atoms with Gasteiger partial charge in [-0.2, -0.15) is 0 Å². The smallest absolute Gasteiger partial charge is 0.317 e. The largest absolute Gasteiger partial charge is 0.461 e. The fourth-order valence-corrected chi connectivity index (χ4v) is 9.32. The van der Waals surface area contributed by atoms with Crippen LogP contribution in [0, 0.1) is 35.5 Å². The van der Waals surface area contributed by atoms with E-state index in [1.807, 2.05) is 33.2 Å². The summed E-state index contributed by atoms with van der Waals surface area (Å²) in [6, 6.07) is 5.63. The van der Waals surface area contributed by atoms with Crippen LogP contribution in [0.4, 0.5) is 0 Å². The predicted octanol–water partition coefficient (Wildman–Crippen LogP) is 4.37. The minimum absolute atomic E-state index is 0.109. The topological polar surface area (TPSA) is 204 Å². The molecule has 2 aromatic rings. The van der Waals surface area contributed by atoms with Gasteiger partial charge in [-0.25, -0.2) is 0 Å². The number of Topliss-reactive ketones (excluding diaryl/α,β-unsaturated/α-hetero) is 2. The van der Waals surface area contributed by atoms with Gasteiger partial charge in [-0.1, -0.05) is 43.3 Å². The second kappa shape index (κ2) is 17.9. The summed E-state index contributed by atoms with van der Waals surface area (Å²) in [5.41, 5.74) is 4.46. The van der Waals surface area contributed by atoms with Crippen LogP contribution in [0.2, 0.25) is 0 Å². The molecule has 0 bridgehead atoms. The van der Waals surface area contributed by atoms with Gasteiger partial charge in [0.25, 0.3) is 0 Å². The van der Waals surface area contributed by atoms with E-state index in [-0.39, 0.29) is 30.2 Å². The first-order chi connectivity index (χ1) is 26.8. The van der Waals surface area contributed by atoms with Gasteiger partial charge in [0.1, 0.15) is 35.5 Å². The van der Waals surface area contributed by atoms with Crippen LogP contribution in [0.25, 0.3) is 10.7 Å². The quantitative estimate of drug-likeness (QED) is 0.123. The number of cyclic esters (lactones) is 1. The summed E-state index contributed by atoms with van der Waals surface area (Å²) in [6.45, 7) is 13.3. The van der Waals surface area contributed by atoms with E-state index in [0.717, 1.165) is 6.42 Å². The van der Waals surface area contributed by atoms with Gasteiger partial charge in [0.2, 0.25) is 0 Å². The molecule has 3 aliphatic heterocycles. The van der Waals surface area contributed by atoms with Crippen molar-refractivity contribution < 1.29 is 47.7 Å². The van der Waals surface area contributed by atoms with Crippen molar-refractivity contribution in [2.75, 3.05) is 27.8 Å². The zero-order chi connectivity index (χ0) is 42.0. The summed E-state index contributed by atoms with van der Waals surface area (Å²) >= 11 is 1.27. The Morgan fingerprint density at radius 2 is 1.74 bits per heavy atom. The number of carbonyl (C=O) groups is 4. The van der Waals surface area contributed by atoms with E-state index >= 15 is 0 Å². The van der Waals surface area contributed by atoms with Crippen molar-refractivity contribution in [3.8, 4) is 10.7 Å². The molecule has 57 heavy (non-hydrogen) atoms. The summed E-state index contributed by atoms with van der Waals surface area (Å²) in [7, 11) is 5.51. The Balaban J connectivity index is 1.45. The third-order valence-corrected chi connectivity index (χ3v) is 13.0. The van der Waals surface area contributed by atoms with Gasteiger partial charge in [0.15, 0.2) is 34.0 Å². The molecule has 0 aliphatic carbocycles. The van der Waals surface area contributed by atoms with Gasteiger partial charge in [0.05, 0.1) is 17.8 Å². The first kappa shape index (κ1) is 44.2. The van der Waals surface area contributed by atoms with Crippen LogP contribution in [-0.4, -0.2) is 113 Å². The van der Waals surface area contributed by atoms with E-state index < -0.39 is 89.5 Å². The first-order valence-corrected chi connectivity index (χ1v) is 20.3. The number of pyridine rings is 1. The minimum atomic E-state index is -1.51. The van der Waals surface area contributed by atoms with Crippen LogP contribution in [0.15, 0.2) is 29.6 Å². The van der Waals surface area contributed by atoms with Gasteiger partial charge < -0.3 is 39.2 Å². The molecule has 3 saturated heterocycles. The van der Waals surface area contributed by atoms with Crippen molar-refractivity contribution in [3.63, 3.8) is 0 Å². The average Bonchev–Trinajstić information content (AvgIpc) is 3.78. The highest BCUT2D eigenvalue weighted by atomic mass is 32.1. The summed E-state index contributed by atoms with van der Waals surface area (Å²) in [4.78, 5) is 68.2. The number of nitrogens with zero attached hydrogens (tertiary/aromatic N) is 5. The highest BCUT2D eigenvalue weighted by Crippen LogP contribution is 2.45. The molecule has 5 rings (SSSR count). The maximum atomic E-state index is 14.6. The molecule has 0 aromatic carbocycles. The molecule has 0 radical (unpaired) electrons. The van der Waals surface area contributed by atoms with Gasteiger partial charge in [-0.05, 0) is 73.7 Å². The Labute approximate surface area is 338 Å². The zero-order valence-electron chi connectivity index (χ0n) is 34.8. The van der Waals surface area contributed by atoms with Gasteiger partial charge in [-0.15, -0.1) is 10.2 Å². The lowest BCUT2D eigenvalue weighted by Crippen LogP contribution is -2.55. The Bertz CT molecular complexity index is 1790. The molecule has 2 aromatic heterocycles. The van der Waals surface area contributed by atoms with Crippen LogP contribution in [0.1, 0.15) is 85.8 Å². The molecule has 17 heteroatoms. The van der Waals surface area contributed by atoms with E-state index in [0.29, 0.717) is 22.1 Å². The first-order valence-electron chi connectivity index (χ1n) is 19.5. The molecule has 16 nitrogen and oxygen atoms in total. The molecule has 2 N–H and O–H groups in total. The van der Waals surface area contributed by atoms with E-state index in [1.54, 1.807) is 53.8 Å². The second-order valence-electron chi connectivity index (χ2n) is 16.5. The molecule has 5 heterocycles. The number of ether oxygens (including phenoxy) is 5. The number of rotatable bonds is 9. The molecule has 3 aliphatic rings. The Hall–Kier alpha value is -3.90. The molecule has 13 atom stereocenters. The number of fused-ring (bicyclic) bond motifs is 1. The zero-order valence-corrected chi connectivity index (χ0v) is 35.6. The molecule has 3 fully saturated rings. The highest BCUT2D eigenvalue weighted by molar-refractivity contribution is 7.14. The molecule has 0 saturated carbocycles. The summed E-state index contributed by atoms with van der Waals surface area (Å²) in [6.07, 6.45) is 0.755. The number of esters is 2. The second-order valence-corrected chi connectivity index (χ2v) is 17.5. The van der Waals surface area contributed by atoms with Crippen molar-refractivity contribution in [2.45, 2.75) is 116 Å². The number of aromatic nitrogens is 3. The normalized spacial score (nSPS) is 36.6.